The Labute approximate surface area is 88.5 Å². The lowest BCUT2D eigenvalue weighted by molar-refractivity contribution is 0.628. The maximum Gasteiger partial charge on any atom is 0.125 e. The fourth-order valence-electron chi connectivity index (χ4n) is 2.73. The van der Waals surface area contributed by atoms with Gasteiger partial charge in [0, 0.05) is 18.1 Å². The van der Waals surface area contributed by atoms with Gasteiger partial charge in [0.05, 0.1) is 5.52 Å². The number of hydrogen-bond acceptors (Lipinski definition) is 0. The minimum Gasteiger partial charge on any atom is -0.347 e. The highest BCUT2D eigenvalue weighted by atomic mass is 19.1. The summed E-state index contributed by atoms with van der Waals surface area (Å²) in [6.45, 7) is 0. The number of benzene rings is 1. The lowest BCUT2D eigenvalue weighted by atomic mass is 9.96. The second kappa shape index (κ2) is 3.09. The van der Waals surface area contributed by atoms with Gasteiger partial charge >= 0.3 is 0 Å². The summed E-state index contributed by atoms with van der Waals surface area (Å²) < 4.78 is 15.3. The number of fused-ring (bicyclic) bond motifs is 3. The molecule has 0 unspecified atom stereocenters. The Kier molecular flexibility index (Phi) is 1.84. The van der Waals surface area contributed by atoms with Gasteiger partial charge in [0.15, 0.2) is 0 Å². The molecule has 0 bridgehead atoms. The SMILES string of the molecule is Cn1c2c(c3ccc(F)cc31)CCCC2. The molecular weight excluding hydrogens is 189 g/mol. The van der Waals surface area contributed by atoms with Gasteiger partial charge in [0.1, 0.15) is 5.82 Å². The zero-order valence-electron chi connectivity index (χ0n) is 8.89. The molecule has 1 aliphatic carbocycles. The molecule has 78 valence electrons. The second-order valence-electron chi connectivity index (χ2n) is 4.35. The average Bonchev–Trinajstić information content (AvgIpc) is 2.54. The van der Waals surface area contributed by atoms with E-state index < -0.39 is 0 Å². The van der Waals surface area contributed by atoms with E-state index in [1.807, 2.05) is 13.1 Å². The van der Waals surface area contributed by atoms with E-state index in [1.165, 1.54) is 29.5 Å². The molecule has 15 heavy (non-hydrogen) atoms. The maximum absolute atomic E-state index is 13.2. The molecule has 0 saturated carbocycles. The van der Waals surface area contributed by atoms with Crippen LogP contribution in [0.2, 0.25) is 0 Å². The van der Waals surface area contributed by atoms with Crippen LogP contribution in [0.25, 0.3) is 10.9 Å². The number of aryl methyl sites for hydroxylation is 2. The number of aromatic nitrogens is 1. The third-order valence-corrected chi connectivity index (χ3v) is 3.49. The molecule has 1 aliphatic rings. The molecule has 0 amide bonds. The van der Waals surface area contributed by atoms with Gasteiger partial charge in [-0.25, -0.2) is 4.39 Å². The Morgan fingerprint density at radius 3 is 2.87 bits per heavy atom. The van der Waals surface area contributed by atoms with Crippen LogP contribution in [-0.4, -0.2) is 4.57 Å². The molecule has 0 N–H and O–H groups in total. The van der Waals surface area contributed by atoms with Crippen molar-refractivity contribution in [2.24, 2.45) is 7.05 Å². The zero-order valence-corrected chi connectivity index (χ0v) is 8.89. The lowest BCUT2D eigenvalue weighted by Gasteiger charge is -2.12. The van der Waals surface area contributed by atoms with Crippen molar-refractivity contribution in [3.63, 3.8) is 0 Å². The summed E-state index contributed by atoms with van der Waals surface area (Å²) in [5.74, 6) is -0.138. The summed E-state index contributed by atoms with van der Waals surface area (Å²) in [4.78, 5) is 0. The Morgan fingerprint density at radius 2 is 2.00 bits per heavy atom. The third-order valence-electron chi connectivity index (χ3n) is 3.49. The van der Waals surface area contributed by atoms with Crippen molar-refractivity contribution >= 4 is 10.9 Å². The molecule has 0 atom stereocenters. The highest BCUT2D eigenvalue weighted by molar-refractivity contribution is 5.85. The Balaban J connectivity index is 2.38. The van der Waals surface area contributed by atoms with Crippen molar-refractivity contribution in [3.05, 3.63) is 35.3 Å². The lowest BCUT2D eigenvalue weighted by Crippen LogP contribution is -2.04. The fraction of sp³-hybridized carbons (Fsp3) is 0.385. The van der Waals surface area contributed by atoms with E-state index in [-0.39, 0.29) is 5.82 Å². The molecule has 1 aromatic carbocycles. The van der Waals surface area contributed by atoms with Gasteiger partial charge in [0.2, 0.25) is 0 Å². The monoisotopic (exact) mass is 203 g/mol. The first-order valence-electron chi connectivity index (χ1n) is 5.53. The standard InChI is InChI=1S/C13H14FN/c1-15-12-5-3-2-4-10(12)11-7-6-9(14)8-13(11)15/h6-8H,2-5H2,1H3. The maximum atomic E-state index is 13.2. The van der Waals surface area contributed by atoms with E-state index in [0.717, 1.165) is 18.4 Å². The average molecular weight is 203 g/mol. The van der Waals surface area contributed by atoms with Gasteiger partial charge < -0.3 is 4.57 Å². The Morgan fingerprint density at radius 1 is 1.20 bits per heavy atom. The quantitative estimate of drug-likeness (QED) is 0.619. The number of rotatable bonds is 0. The van der Waals surface area contributed by atoms with Gasteiger partial charge in [-0.1, -0.05) is 0 Å². The first-order valence-corrected chi connectivity index (χ1v) is 5.53. The van der Waals surface area contributed by atoms with Crippen LogP contribution >= 0.6 is 0 Å². The van der Waals surface area contributed by atoms with Crippen LogP contribution in [0, 0.1) is 5.82 Å². The highest BCUT2D eigenvalue weighted by Gasteiger charge is 2.17. The molecular formula is C13H14FN. The third kappa shape index (κ3) is 1.21. The highest BCUT2D eigenvalue weighted by Crippen LogP contribution is 2.31. The molecule has 0 saturated heterocycles. The van der Waals surface area contributed by atoms with Gasteiger partial charge in [0.25, 0.3) is 0 Å². The van der Waals surface area contributed by atoms with E-state index in [4.69, 9.17) is 0 Å². The van der Waals surface area contributed by atoms with Gasteiger partial charge in [-0.3, -0.25) is 0 Å². The summed E-state index contributed by atoms with van der Waals surface area (Å²) in [6, 6.07) is 5.14. The van der Waals surface area contributed by atoms with Crippen LogP contribution in [0.5, 0.6) is 0 Å². The zero-order chi connectivity index (χ0) is 10.4. The van der Waals surface area contributed by atoms with Crippen molar-refractivity contribution in [3.8, 4) is 0 Å². The Bertz CT molecular complexity index is 525. The molecule has 1 aromatic heterocycles. The first-order chi connectivity index (χ1) is 7.27. The molecule has 1 heterocycles. The number of hydrogen-bond donors (Lipinski definition) is 0. The van der Waals surface area contributed by atoms with Crippen LogP contribution in [-0.2, 0) is 19.9 Å². The van der Waals surface area contributed by atoms with Gasteiger partial charge in [-0.2, -0.15) is 0 Å². The van der Waals surface area contributed by atoms with Crippen molar-refractivity contribution in [1.29, 1.82) is 0 Å². The first kappa shape index (κ1) is 8.96. The van der Waals surface area contributed by atoms with Gasteiger partial charge in [-0.05, 0) is 49.4 Å². The molecule has 0 radical (unpaired) electrons. The van der Waals surface area contributed by atoms with E-state index in [2.05, 4.69) is 4.57 Å². The van der Waals surface area contributed by atoms with Crippen LogP contribution in [0.4, 0.5) is 4.39 Å². The molecule has 0 fully saturated rings. The topological polar surface area (TPSA) is 4.93 Å². The normalized spacial score (nSPS) is 15.6. The smallest absolute Gasteiger partial charge is 0.125 e. The minimum atomic E-state index is -0.138. The summed E-state index contributed by atoms with van der Waals surface area (Å²) in [5, 5.41) is 1.24. The molecule has 0 spiro atoms. The molecule has 3 rings (SSSR count). The summed E-state index contributed by atoms with van der Waals surface area (Å²) >= 11 is 0. The van der Waals surface area contributed by atoms with Crippen molar-refractivity contribution in [2.45, 2.75) is 25.7 Å². The molecule has 2 aromatic rings. The second-order valence-corrected chi connectivity index (χ2v) is 4.35. The largest absolute Gasteiger partial charge is 0.347 e. The Hall–Kier alpha value is -1.31. The van der Waals surface area contributed by atoms with E-state index >= 15 is 0 Å². The van der Waals surface area contributed by atoms with Crippen LogP contribution in [0.1, 0.15) is 24.1 Å². The predicted molar refractivity (Wildman–Crippen MR) is 59.5 cm³/mol. The van der Waals surface area contributed by atoms with E-state index in [9.17, 15) is 4.39 Å². The minimum absolute atomic E-state index is 0.138. The van der Waals surface area contributed by atoms with E-state index in [1.54, 1.807) is 12.1 Å². The van der Waals surface area contributed by atoms with Crippen LogP contribution < -0.4 is 0 Å². The number of halogens is 1. The predicted octanol–water partition coefficient (Wildman–Crippen LogP) is 3.20. The van der Waals surface area contributed by atoms with Crippen molar-refractivity contribution in [2.75, 3.05) is 0 Å². The fourth-order valence-corrected chi connectivity index (χ4v) is 2.73. The van der Waals surface area contributed by atoms with Crippen LogP contribution in [0.3, 0.4) is 0 Å². The molecule has 1 nitrogen and oxygen atoms in total. The molecule has 2 heteroatoms. The van der Waals surface area contributed by atoms with Crippen molar-refractivity contribution in [1.82, 2.24) is 4.57 Å². The van der Waals surface area contributed by atoms with E-state index in [0.29, 0.717) is 0 Å². The molecule has 0 aliphatic heterocycles. The van der Waals surface area contributed by atoms with Gasteiger partial charge in [-0.15, -0.1) is 0 Å². The number of nitrogens with zero attached hydrogens (tertiary/aromatic N) is 1. The van der Waals surface area contributed by atoms with Crippen molar-refractivity contribution < 1.29 is 4.39 Å². The summed E-state index contributed by atoms with van der Waals surface area (Å²) in [6.07, 6.45) is 4.82. The summed E-state index contributed by atoms with van der Waals surface area (Å²) in [5.41, 5.74) is 3.89. The van der Waals surface area contributed by atoms with Crippen LogP contribution in [0.15, 0.2) is 18.2 Å². The summed E-state index contributed by atoms with van der Waals surface area (Å²) in [7, 11) is 2.05.